The first-order valence-corrected chi connectivity index (χ1v) is 8.82. The Morgan fingerprint density at radius 3 is 2.57 bits per heavy atom. The first-order chi connectivity index (χ1) is 9.96. The van der Waals surface area contributed by atoms with Crippen LogP contribution in [-0.4, -0.2) is 43.5 Å². The van der Waals surface area contributed by atoms with Crippen molar-refractivity contribution in [1.82, 2.24) is 4.31 Å². The molecule has 2 rings (SSSR count). The summed E-state index contributed by atoms with van der Waals surface area (Å²) in [5.74, 6) is 0. The molecule has 0 atom stereocenters. The van der Waals surface area contributed by atoms with Crippen LogP contribution in [0.3, 0.4) is 0 Å². The monoisotopic (exact) mass is 328 g/mol. The maximum Gasteiger partial charge on any atom is 0.243 e. The number of ether oxygens (including phenoxy) is 1. The molecule has 0 spiro atoms. The van der Waals surface area contributed by atoms with Gasteiger partial charge < -0.3 is 10.5 Å². The summed E-state index contributed by atoms with van der Waals surface area (Å²) >= 11 is 4.95. The lowest BCUT2D eigenvalue weighted by Gasteiger charge is -2.31. The summed E-state index contributed by atoms with van der Waals surface area (Å²) in [6.07, 6.45) is 1.57. The van der Waals surface area contributed by atoms with Crippen molar-refractivity contribution in [2.45, 2.75) is 30.8 Å². The number of hydrogen-bond donors (Lipinski definition) is 1. The highest BCUT2D eigenvalue weighted by molar-refractivity contribution is 7.89. The van der Waals surface area contributed by atoms with E-state index in [1.54, 1.807) is 24.3 Å². The van der Waals surface area contributed by atoms with Crippen LogP contribution in [0.1, 0.15) is 25.3 Å². The highest BCUT2D eigenvalue weighted by atomic mass is 32.2. The van der Waals surface area contributed by atoms with E-state index < -0.39 is 10.0 Å². The standard InChI is InChI=1S/C14H20N2O3S2/c1-2-19-11-7-9-16(10-8-11)21(17,18)13-6-4-3-5-12(13)14(15)20/h3-6,11H,2,7-10H2,1H3,(H2,15,20). The van der Waals surface area contributed by atoms with E-state index in [1.807, 2.05) is 6.92 Å². The van der Waals surface area contributed by atoms with Crippen LogP contribution >= 0.6 is 12.2 Å². The molecule has 0 saturated carbocycles. The molecule has 1 aliphatic rings. The summed E-state index contributed by atoms with van der Waals surface area (Å²) in [4.78, 5) is 0.283. The van der Waals surface area contributed by atoms with Crippen molar-refractivity contribution in [3.63, 3.8) is 0 Å². The van der Waals surface area contributed by atoms with E-state index in [9.17, 15) is 8.42 Å². The SMILES string of the molecule is CCOC1CCN(S(=O)(=O)c2ccccc2C(N)=S)CC1. The average molecular weight is 328 g/mol. The molecule has 0 radical (unpaired) electrons. The maximum atomic E-state index is 12.7. The second-order valence-electron chi connectivity index (χ2n) is 4.92. The van der Waals surface area contributed by atoms with E-state index >= 15 is 0 Å². The van der Waals surface area contributed by atoms with E-state index in [2.05, 4.69) is 0 Å². The molecule has 2 N–H and O–H groups in total. The van der Waals surface area contributed by atoms with Gasteiger partial charge in [-0.15, -0.1) is 0 Å². The van der Waals surface area contributed by atoms with Gasteiger partial charge in [-0.25, -0.2) is 8.42 Å². The van der Waals surface area contributed by atoms with Crippen LogP contribution < -0.4 is 5.73 Å². The molecule has 0 unspecified atom stereocenters. The summed E-state index contributed by atoms with van der Waals surface area (Å²) in [5, 5.41) is 0. The van der Waals surface area contributed by atoms with Crippen molar-refractivity contribution in [1.29, 1.82) is 0 Å². The lowest BCUT2D eigenvalue weighted by Crippen LogP contribution is -2.41. The number of benzene rings is 1. The lowest BCUT2D eigenvalue weighted by atomic mass is 10.1. The first-order valence-electron chi connectivity index (χ1n) is 6.97. The molecule has 1 heterocycles. The van der Waals surface area contributed by atoms with Crippen molar-refractivity contribution in [3.8, 4) is 0 Å². The molecule has 1 aliphatic heterocycles. The van der Waals surface area contributed by atoms with E-state index in [0.717, 1.165) is 0 Å². The molecule has 0 amide bonds. The minimum atomic E-state index is -3.57. The first kappa shape index (κ1) is 16.4. The van der Waals surface area contributed by atoms with Gasteiger partial charge in [-0.2, -0.15) is 4.31 Å². The lowest BCUT2D eigenvalue weighted by molar-refractivity contribution is 0.0290. The molecule has 0 bridgehead atoms. The predicted octanol–water partition coefficient (Wildman–Crippen LogP) is 1.51. The molecule has 116 valence electrons. The third-order valence-corrected chi connectivity index (χ3v) is 5.75. The Bertz CT molecular complexity index is 608. The Morgan fingerprint density at radius 1 is 1.38 bits per heavy atom. The van der Waals surface area contributed by atoms with Gasteiger partial charge in [0.15, 0.2) is 0 Å². The largest absolute Gasteiger partial charge is 0.389 e. The van der Waals surface area contributed by atoms with Crippen LogP contribution in [0.4, 0.5) is 0 Å². The second-order valence-corrected chi connectivity index (χ2v) is 7.27. The zero-order valence-electron chi connectivity index (χ0n) is 12.0. The Labute approximate surface area is 131 Å². The maximum absolute atomic E-state index is 12.7. The summed E-state index contributed by atoms with van der Waals surface area (Å²) in [6.45, 7) is 3.51. The number of piperidine rings is 1. The average Bonchev–Trinajstić information content (AvgIpc) is 2.48. The highest BCUT2D eigenvalue weighted by Crippen LogP contribution is 2.24. The van der Waals surface area contributed by atoms with Crippen molar-refractivity contribution in [2.75, 3.05) is 19.7 Å². The molecular weight excluding hydrogens is 308 g/mol. The fourth-order valence-electron chi connectivity index (χ4n) is 2.51. The Hall–Kier alpha value is -1.02. The van der Waals surface area contributed by atoms with Crippen LogP contribution in [-0.2, 0) is 14.8 Å². The van der Waals surface area contributed by atoms with Crippen LogP contribution in [0.2, 0.25) is 0 Å². The summed E-state index contributed by atoms with van der Waals surface area (Å²) in [6, 6.07) is 6.61. The number of hydrogen-bond acceptors (Lipinski definition) is 4. The summed E-state index contributed by atoms with van der Waals surface area (Å²) in [5.41, 5.74) is 6.03. The quantitative estimate of drug-likeness (QED) is 0.830. The molecular formula is C14H20N2O3S2. The number of nitrogens with two attached hydrogens (primary N) is 1. The smallest absolute Gasteiger partial charge is 0.243 e. The van der Waals surface area contributed by atoms with Crippen molar-refractivity contribution in [3.05, 3.63) is 29.8 Å². The van der Waals surface area contributed by atoms with Crippen molar-refractivity contribution >= 4 is 27.2 Å². The third-order valence-electron chi connectivity index (χ3n) is 3.57. The highest BCUT2D eigenvalue weighted by Gasteiger charge is 2.31. The van der Waals surface area contributed by atoms with Gasteiger partial charge >= 0.3 is 0 Å². The van der Waals surface area contributed by atoms with Gasteiger partial charge in [-0.3, -0.25) is 0 Å². The zero-order valence-corrected chi connectivity index (χ0v) is 13.6. The van der Waals surface area contributed by atoms with Crippen LogP contribution in [0.15, 0.2) is 29.2 Å². The molecule has 7 heteroatoms. The Morgan fingerprint density at radius 2 is 2.00 bits per heavy atom. The van der Waals surface area contributed by atoms with Crippen LogP contribution in [0, 0.1) is 0 Å². The second kappa shape index (κ2) is 6.83. The zero-order chi connectivity index (χ0) is 15.5. The molecule has 1 fully saturated rings. The van der Waals surface area contributed by atoms with Gasteiger partial charge in [-0.05, 0) is 25.8 Å². The van der Waals surface area contributed by atoms with Gasteiger partial charge in [0.25, 0.3) is 0 Å². The fraction of sp³-hybridized carbons (Fsp3) is 0.500. The normalized spacial score (nSPS) is 17.8. The van der Waals surface area contributed by atoms with Gasteiger partial charge in [0.1, 0.15) is 4.99 Å². The van der Waals surface area contributed by atoms with Gasteiger partial charge in [0.05, 0.1) is 11.0 Å². The summed E-state index contributed by atoms with van der Waals surface area (Å²) in [7, 11) is -3.57. The minimum absolute atomic E-state index is 0.0957. The van der Waals surface area contributed by atoms with E-state index in [0.29, 0.717) is 38.1 Å². The number of nitrogens with zero attached hydrogens (tertiary/aromatic N) is 1. The van der Waals surface area contributed by atoms with Gasteiger partial charge in [0, 0.05) is 25.3 Å². The molecule has 1 saturated heterocycles. The summed E-state index contributed by atoms with van der Waals surface area (Å²) < 4.78 is 32.5. The Kier molecular flexibility index (Phi) is 5.32. The third kappa shape index (κ3) is 3.60. The molecule has 0 aliphatic carbocycles. The van der Waals surface area contributed by atoms with Crippen LogP contribution in [0.25, 0.3) is 0 Å². The predicted molar refractivity (Wildman–Crippen MR) is 85.7 cm³/mol. The molecule has 5 nitrogen and oxygen atoms in total. The molecule has 1 aromatic carbocycles. The van der Waals surface area contributed by atoms with E-state index in [1.165, 1.54) is 4.31 Å². The minimum Gasteiger partial charge on any atom is -0.389 e. The number of rotatable bonds is 5. The van der Waals surface area contributed by atoms with Gasteiger partial charge in [-0.1, -0.05) is 30.4 Å². The van der Waals surface area contributed by atoms with Crippen molar-refractivity contribution in [2.24, 2.45) is 5.73 Å². The van der Waals surface area contributed by atoms with E-state index in [4.69, 9.17) is 22.7 Å². The molecule has 21 heavy (non-hydrogen) atoms. The molecule has 1 aromatic rings. The van der Waals surface area contributed by atoms with Crippen LogP contribution in [0.5, 0.6) is 0 Å². The van der Waals surface area contributed by atoms with Gasteiger partial charge in [0.2, 0.25) is 10.0 Å². The van der Waals surface area contributed by atoms with Crippen molar-refractivity contribution < 1.29 is 13.2 Å². The molecule has 0 aromatic heterocycles. The number of thiocarbonyl (C=S) groups is 1. The topological polar surface area (TPSA) is 72.6 Å². The van der Waals surface area contributed by atoms with E-state index in [-0.39, 0.29) is 16.0 Å². The fourth-order valence-corrected chi connectivity index (χ4v) is 4.43. The number of sulfonamides is 1. The Balaban J connectivity index is 2.22.